The normalized spacial score (nSPS) is 17.2. The molecule has 0 unspecified atom stereocenters. The molecule has 1 aliphatic rings. The fourth-order valence-corrected chi connectivity index (χ4v) is 2.72. The fourth-order valence-electron chi connectivity index (χ4n) is 2.19. The van der Waals surface area contributed by atoms with E-state index in [4.69, 9.17) is 4.74 Å². The van der Waals surface area contributed by atoms with Gasteiger partial charge in [0.1, 0.15) is 0 Å². The predicted molar refractivity (Wildman–Crippen MR) is 79.8 cm³/mol. The number of rotatable bonds is 4. The molecule has 112 valence electrons. The molecule has 2 rings (SSSR count). The van der Waals surface area contributed by atoms with Crippen molar-refractivity contribution in [2.45, 2.75) is 26.8 Å². The molecule has 20 heavy (non-hydrogen) atoms. The lowest BCUT2D eigenvalue weighted by Gasteiger charge is -2.21. The van der Waals surface area contributed by atoms with Gasteiger partial charge in [0.15, 0.2) is 0 Å². The number of amides is 1. The van der Waals surface area contributed by atoms with E-state index < -0.39 is 0 Å². The van der Waals surface area contributed by atoms with E-state index in [2.05, 4.69) is 15.3 Å². The summed E-state index contributed by atoms with van der Waals surface area (Å²) in [5.41, 5.74) is 1.12. The summed E-state index contributed by atoms with van der Waals surface area (Å²) >= 11 is 1.49. The molecule has 5 nitrogen and oxygen atoms in total. The van der Waals surface area contributed by atoms with E-state index in [0.717, 1.165) is 44.8 Å². The molecular weight excluding hydrogens is 274 g/mol. The maximum atomic E-state index is 12.0. The molecule has 0 radical (unpaired) electrons. The summed E-state index contributed by atoms with van der Waals surface area (Å²) in [5.74, 6) is 0.382. The number of carbonyl (C=O) groups is 1. The van der Waals surface area contributed by atoms with Crippen LogP contribution in [0, 0.1) is 5.92 Å². The van der Waals surface area contributed by atoms with Gasteiger partial charge in [0, 0.05) is 38.1 Å². The molecule has 1 saturated heterocycles. The summed E-state index contributed by atoms with van der Waals surface area (Å²) in [6.45, 7) is 8.87. The van der Waals surface area contributed by atoms with E-state index in [-0.39, 0.29) is 6.09 Å². The van der Waals surface area contributed by atoms with E-state index in [1.54, 1.807) is 0 Å². The van der Waals surface area contributed by atoms with Crippen molar-refractivity contribution in [3.63, 3.8) is 0 Å². The highest BCUT2D eigenvalue weighted by Crippen LogP contribution is 2.10. The van der Waals surface area contributed by atoms with Crippen LogP contribution in [-0.2, 0) is 11.3 Å². The van der Waals surface area contributed by atoms with Gasteiger partial charge in [-0.2, -0.15) is 4.37 Å². The molecule has 0 saturated carbocycles. The summed E-state index contributed by atoms with van der Waals surface area (Å²) in [6.07, 6.45) is 0.815. The van der Waals surface area contributed by atoms with Gasteiger partial charge in [0.05, 0.1) is 12.3 Å². The molecule has 1 aromatic heterocycles. The van der Waals surface area contributed by atoms with Gasteiger partial charge < -0.3 is 9.64 Å². The Labute approximate surface area is 124 Å². The number of nitrogens with zero attached hydrogens (tertiary/aromatic N) is 3. The minimum atomic E-state index is -0.172. The lowest BCUT2D eigenvalue weighted by Crippen LogP contribution is -2.36. The van der Waals surface area contributed by atoms with Crippen molar-refractivity contribution in [3.8, 4) is 0 Å². The zero-order chi connectivity index (χ0) is 14.4. The summed E-state index contributed by atoms with van der Waals surface area (Å²) in [7, 11) is 0. The van der Waals surface area contributed by atoms with Crippen LogP contribution >= 0.6 is 11.5 Å². The monoisotopic (exact) mass is 297 g/mol. The lowest BCUT2D eigenvalue weighted by molar-refractivity contribution is 0.0930. The molecule has 1 aromatic rings. The van der Waals surface area contributed by atoms with Gasteiger partial charge in [-0.25, -0.2) is 4.79 Å². The van der Waals surface area contributed by atoms with Crippen molar-refractivity contribution < 1.29 is 9.53 Å². The van der Waals surface area contributed by atoms with Crippen LogP contribution in [0.15, 0.2) is 11.4 Å². The third-order valence-electron chi connectivity index (χ3n) is 3.26. The van der Waals surface area contributed by atoms with Crippen LogP contribution in [0.5, 0.6) is 0 Å². The Bertz CT molecular complexity index is 409. The number of carbonyl (C=O) groups excluding carboxylic acids is 1. The summed E-state index contributed by atoms with van der Waals surface area (Å²) < 4.78 is 9.64. The fraction of sp³-hybridized carbons (Fsp3) is 0.714. The first-order chi connectivity index (χ1) is 9.65. The van der Waals surface area contributed by atoms with Crippen molar-refractivity contribution >= 4 is 17.6 Å². The SMILES string of the molecule is CC(C)COC(=O)N1CCCN(Cc2ccsn2)CC1. The topological polar surface area (TPSA) is 45.7 Å². The zero-order valence-electron chi connectivity index (χ0n) is 12.2. The van der Waals surface area contributed by atoms with Crippen molar-refractivity contribution in [2.75, 3.05) is 32.8 Å². The van der Waals surface area contributed by atoms with Crippen molar-refractivity contribution in [2.24, 2.45) is 5.92 Å². The molecule has 6 heteroatoms. The van der Waals surface area contributed by atoms with E-state index in [1.165, 1.54) is 11.5 Å². The summed E-state index contributed by atoms with van der Waals surface area (Å²) in [5, 5.41) is 2.00. The van der Waals surface area contributed by atoms with Gasteiger partial charge in [-0.3, -0.25) is 4.90 Å². The van der Waals surface area contributed by atoms with Crippen LogP contribution in [0.3, 0.4) is 0 Å². The number of aromatic nitrogens is 1. The Morgan fingerprint density at radius 3 is 2.95 bits per heavy atom. The first-order valence-corrected chi connectivity index (χ1v) is 8.02. The predicted octanol–water partition coefficient (Wildman–Crippen LogP) is 2.44. The molecule has 1 fully saturated rings. The number of ether oxygens (including phenoxy) is 1. The second kappa shape index (κ2) is 7.59. The van der Waals surface area contributed by atoms with E-state index >= 15 is 0 Å². The molecule has 0 aliphatic carbocycles. The number of hydrogen-bond donors (Lipinski definition) is 0. The van der Waals surface area contributed by atoms with Crippen LogP contribution in [0.2, 0.25) is 0 Å². The summed E-state index contributed by atoms with van der Waals surface area (Å²) in [6, 6.07) is 2.06. The Morgan fingerprint density at radius 2 is 2.25 bits per heavy atom. The van der Waals surface area contributed by atoms with Crippen LogP contribution in [0.4, 0.5) is 4.79 Å². The smallest absolute Gasteiger partial charge is 0.409 e. The quantitative estimate of drug-likeness (QED) is 0.856. The second-order valence-corrected chi connectivity index (χ2v) is 6.24. The molecule has 0 bridgehead atoms. The Kier molecular flexibility index (Phi) is 5.79. The molecule has 0 spiro atoms. The molecule has 0 aromatic carbocycles. The second-order valence-electron chi connectivity index (χ2n) is 5.58. The first-order valence-electron chi connectivity index (χ1n) is 7.18. The zero-order valence-corrected chi connectivity index (χ0v) is 13.1. The molecule has 1 amide bonds. The first kappa shape index (κ1) is 15.3. The van der Waals surface area contributed by atoms with Gasteiger partial charge in [0.25, 0.3) is 0 Å². The molecular formula is C14H23N3O2S. The van der Waals surface area contributed by atoms with Gasteiger partial charge in [0.2, 0.25) is 0 Å². The highest BCUT2D eigenvalue weighted by molar-refractivity contribution is 7.03. The minimum Gasteiger partial charge on any atom is -0.449 e. The maximum Gasteiger partial charge on any atom is 0.409 e. The molecule has 2 heterocycles. The lowest BCUT2D eigenvalue weighted by atomic mass is 10.2. The van der Waals surface area contributed by atoms with Gasteiger partial charge >= 0.3 is 6.09 Å². The third-order valence-corrected chi connectivity index (χ3v) is 3.86. The van der Waals surface area contributed by atoms with E-state index in [9.17, 15) is 4.79 Å². The molecule has 1 aliphatic heterocycles. The van der Waals surface area contributed by atoms with Gasteiger partial charge in [-0.1, -0.05) is 13.8 Å². The van der Waals surface area contributed by atoms with Crippen molar-refractivity contribution in [1.82, 2.24) is 14.2 Å². The average Bonchev–Trinajstić information content (AvgIpc) is 2.81. The Hall–Kier alpha value is -1.14. The molecule has 0 atom stereocenters. The van der Waals surface area contributed by atoms with Crippen molar-refractivity contribution in [3.05, 3.63) is 17.1 Å². The van der Waals surface area contributed by atoms with Crippen LogP contribution in [-0.4, -0.2) is 53.1 Å². The van der Waals surface area contributed by atoms with E-state index in [0.29, 0.717) is 12.5 Å². The minimum absolute atomic E-state index is 0.172. The van der Waals surface area contributed by atoms with Gasteiger partial charge in [-0.15, -0.1) is 0 Å². The van der Waals surface area contributed by atoms with Gasteiger partial charge in [-0.05, 0) is 29.9 Å². The molecule has 0 N–H and O–H groups in total. The van der Waals surface area contributed by atoms with Crippen LogP contribution < -0.4 is 0 Å². The maximum absolute atomic E-state index is 12.0. The highest BCUT2D eigenvalue weighted by atomic mass is 32.1. The Morgan fingerprint density at radius 1 is 1.40 bits per heavy atom. The Balaban J connectivity index is 1.78. The largest absolute Gasteiger partial charge is 0.449 e. The van der Waals surface area contributed by atoms with Crippen LogP contribution in [0.25, 0.3) is 0 Å². The average molecular weight is 297 g/mol. The van der Waals surface area contributed by atoms with E-state index in [1.807, 2.05) is 24.1 Å². The number of hydrogen-bond acceptors (Lipinski definition) is 5. The van der Waals surface area contributed by atoms with Crippen molar-refractivity contribution in [1.29, 1.82) is 0 Å². The third kappa shape index (κ3) is 4.76. The summed E-state index contributed by atoms with van der Waals surface area (Å²) in [4.78, 5) is 16.1. The standard InChI is InChI=1S/C14H23N3O2S/c1-12(2)11-19-14(18)17-6-3-5-16(7-8-17)10-13-4-9-20-15-13/h4,9,12H,3,5-8,10-11H2,1-2H3. The highest BCUT2D eigenvalue weighted by Gasteiger charge is 2.20. The van der Waals surface area contributed by atoms with Crippen LogP contribution in [0.1, 0.15) is 26.0 Å².